The van der Waals surface area contributed by atoms with Crippen LogP contribution in [-0.4, -0.2) is 4.92 Å². The van der Waals surface area contributed by atoms with Crippen molar-refractivity contribution in [1.82, 2.24) is 0 Å². The maximum Gasteiger partial charge on any atom is 1.00 e. The molecule has 0 N–H and O–H groups in total. The summed E-state index contributed by atoms with van der Waals surface area (Å²) in [7, 11) is 0. The molecule has 40 valence electrons. The van der Waals surface area contributed by atoms with E-state index >= 15 is 0 Å². The second kappa shape index (κ2) is 4.94. The molecule has 3 nitrogen and oxygen atoms in total. The van der Waals surface area contributed by atoms with Gasteiger partial charge in [0.2, 0.25) is 0 Å². The van der Waals surface area contributed by atoms with Crippen LogP contribution in [0.3, 0.4) is 0 Å². The van der Waals surface area contributed by atoms with Crippen LogP contribution in [0.15, 0.2) is 0 Å². The summed E-state index contributed by atoms with van der Waals surface area (Å²) < 4.78 is 10.3. The van der Waals surface area contributed by atoms with Gasteiger partial charge in [-0.05, 0) is 0 Å². The summed E-state index contributed by atoms with van der Waals surface area (Å²) in [6.45, 7) is -0.611. The van der Waals surface area contributed by atoms with Crippen LogP contribution in [0, 0.1) is 16.9 Å². The fourth-order valence-electron chi connectivity index (χ4n) is 0. The Morgan fingerprint density at radius 2 is 2.00 bits per heavy atom. The molecule has 6 heavy (non-hydrogen) atoms. The van der Waals surface area contributed by atoms with Crippen LogP contribution in [0.1, 0.15) is 0 Å². The summed E-state index contributed by atoms with van der Waals surface area (Å²) in [6, 6.07) is 0. The minimum Gasteiger partial charge on any atom is -0.356 e. The van der Waals surface area contributed by atoms with Gasteiger partial charge in [0.05, 0.1) is 6.80 Å². The zero-order chi connectivity index (χ0) is 4.28. The SMILES string of the molecule is O=[N+]([O-])[CH-]F.[Ag+]. The molecule has 0 amide bonds. The predicted octanol–water partition coefficient (Wildman–Crippen LogP) is 0.349. The van der Waals surface area contributed by atoms with Crippen molar-refractivity contribution in [3.63, 3.8) is 0 Å². The molecule has 0 aliphatic carbocycles. The molecule has 0 saturated carbocycles. The molecule has 0 rings (SSSR count). The first-order valence-corrected chi connectivity index (χ1v) is 0.842. The fourth-order valence-corrected chi connectivity index (χ4v) is 0. The maximum absolute atomic E-state index is 10.3. The molecule has 0 bridgehead atoms. The summed E-state index contributed by atoms with van der Waals surface area (Å²) in [6.07, 6.45) is 0. The van der Waals surface area contributed by atoms with Gasteiger partial charge in [-0.3, -0.25) is 10.1 Å². The van der Waals surface area contributed by atoms with E-state index in [1.54, 1.807) is 0 Å². The van der Waals surface area contributed by atoms with Crippen LogP contribution in [0.2, 0.25) is 0 Å². The third-order valence-corrected chi connectivity index (χ3v) is 0.0797. The molecule has 0 saturated heterocycles. The van der Waals surface area contributed by atoms with Crippen LogP contribution >= 0.6 is 0 Å². The van der Waals surface area contributed by atoms with E-state index in [1.165, 1.54) is 0 Å². The van der Waals surface area contributed by atoms with E-state index in [4.69, 9.17) is 10.1 Å². The zero-order valence-electron chi connectivity index (χ0n) is 2.52. The Hall–Kier alpha value is -0.0597. The second-order valence-corrected chi connectivity index (χ2v) is 0.383. The van der Waals surface area contributed by atoms with Crippen LogP contribution < -0.4 is 0 Å². The van der Waals surface area contributed by atoms with Gasteiger partial charge in [0, 0.05) is 0 Å². The van der Waals surface area contributed by atoms with Crippen molar-refractivity contribution >= 4 is 0 Å². The molecule has 0 fully saturated rings. The Kier molecular flexibility index (Phi) is 7.69. The molecule has 0 spiro atoms. The molecule has 0 radical (unpaired) electrons. The number of hydrogen-bond donors (Lipinski definition) is 0. The van der Waals surface area contributed by atoms with Crippen molar-refractivity contribution < 1.29 is 31.7 Å². The summed E-state index contributed by atoms with van der Waals surface area (Å²) in [4.78, 5) is 7.58. The van der Waals surface area contributed by atoms with Crippen molar-refractivity contribution in [1.29, 1.82) is 0 Å². The smallest absolute Gasteiger partial charge is 0.356 e. The Labute approximate surface area is 49.2 Å². The zero-order valence-corrected chi connectivity index (χ0v) is 4.00. The van der Waals surface area contributed by atoms with Crippen LogP contribution in [0.4, 0.5) is 4.39 Å². The third-order valence-electron chi connectivity index (χ3n) is 0.0797. The minimum absolute atomic E-state index is 0. The largest absolute Gasteiger partial charge is 1.00 e. The molecule has 0 aliphatic heterocycles. The van der Waals surface area contributed by atoms with E-state index in [9.17, 15) is 4.39 Å². The minimum atomic E-state index is -1.17. The normalized spacial score (nSPS) is 5.50. The van der Waals surface area contributed by atoms with Gasteiger partial charge in [0.15, 0.2) is 0 Å². The number of rotatable bonds is 1. The molecule has 0 unspecified atom stereocenters. The molecule has 0 aromatic carbocycles. The molecule has 0 aliphatic rings. The standard InChI is InChI=1S/CHFNO2.Ag/c2-1-3(4)5;/h1H;/q-1;+1. The van der Waals surface area contributed by atoms with E-state index in [2.05, 4.69) is 0 Å². The Balaban J connectivity index is 0. The second-order valence-electron chi connectivity index (χ2n) is 0.383. The Morgan fingerprint density at radius 1 is 1.83 bits per heavy atom. The predicted molar refractivity (Wildman–Crippen MR) is 12.4 cm³/mol. The monoisotopic (exact) mass is 185 g/mol. The number of nitrogens with zero attached hydrogens (tertiary/aromatic N) is 1. The van der Waals surface area contributed by atoms with Crippen LogP contribution in [0.5, 0.6) is 0 Å². The van der Waals surface area contributed by atoms with Gasteiger partial charge >= 0.3 is 22.4 Å². The summed E-state index contributed by atoms with van der Waals surface area (Å²) in [5.41, 5.74) is 0. The summed E-state index contributed by atoms with van der Waals surface area (Å²) in [5, 5.41) is 8.74. The topological polar surface area (TPSA) is 43.1 Å². The van der Waals surface area contributed by atoms with Crippen LogP contribution in [-0.2, 0) is 22.4 Å². The average Bonchev–Trinajstić information content (AvgIpc) is 1.38. The summed E-state index contributed by atoms with van der Waals surface area (Å²) in [5.74, 6) is 0. The van der Waals surface area contributed by atoms with Crippen molar-refractivity contribution in [2.75, 3.05) is 0 Å². The van der Waals surface area contributed by atoms with E-state index in [1.807, 2.05) is 0 Å². The van der Waals surface area contributed by atoms with Crippen molar-refractivity contribution in [2.45, 2.75) is 0 Å². The number of nitro groups is 1. The molecule has 0 aromatic rings. The van der Waals surface area contributed by atoms with E-state index < -0.39 is 11.7 Å². The molecular formula is CHAgFNO2. The molecule has 0 aromatic heterocycles. The third kappa shape index (κ3) is 9.05. The van der Waals surface area contributed by atoms with Crippen molar-refractivity contribution in [2.24, 2.45) is 0 Å². The van der Waals surface area contributed by atoms with Crippen LogP contribution in [0.25, 0.3) is 0 Å². The van der Waals surface area contributed by atoms with E-state index in [-0.39, 0.29) is 22.4 Å². The number of halogens is 1. The molecule has 5 heteroatoms. The van der Waals surface area contributed by atoms with Gasteiger partial charge in [0.1, 0.15) is 0 Å². The first-order valence-electron chi connectivity index (χ1n) is 0.842. The van der Waals surface area contributed by atoms with E-state index in [0.29, 0.717) is 0 Å². The fraction of sp³-hybridized carbons (Fsp3) is 0. The maximum atomic E-state index is 10.3. The van der Waals surface area contributed by atoms with Crippen molar-refractivity contribution in [3.8, 4) is 0 Å². The Morgan fingerprint density at radius 3 is 2.00 bits per heavy atom. The Bertz CT molecular complexity index is 48.8. The summed E-state index contributed by atoms with van der Waals surface area (Å²) >= 11 is 0. The quantitative estimate of drug-likeness (QED) is 0.195. The van der Waals surface area contributed by atoms with Crippen molar-refractivity contribution in [3.05, 3.63) is 16.9 Å². The van der Waals surface area contributed by atoms with Gasteiger partial charge in [-0.1, -0.05) is 4.92 Å². The van der Waals surface area contributed by atoms with Gasteiger partial charge in [0.25, 0.3) is 0 Å². The molecule has 0 heterocycles. The van der Waals surface area contributed by atoms with Gasteiger partial charge in [-0.2, -0.15) is 0 Å². The van der Waals surface area contributed by atoms with Gasteiger partial charge < -0.3 is 4.39 Å². The first-order chi connectivity index (χ1) is 2.27. The van der Waals surface area contributed by atoms with Gasteiger partial charge in [-0.15, -0.1) is 0 Å². The molecule has 0 atom stereocenters. The van der Waals surface area contributed by atoms with Gasteiger partial charge in [-0.25, -0.2) is 0 Å². The number of hydrogen-bond acceptors (Lipinski definition) is 2. The first kappa shape index (κ1) is 9.34. The van der Waals surface area contributed by atoms with E-state index in [0.717, 1.165) is 0 Å². The average molecular weight is 186 g/mol. The molecular weight excluding hydrogens is 185 g/mol.